The van der Waals surface area contributed by atoms with E-state index in [0.717, 1.165) is 47.2 Å². The van der Waals surface area contributed by atoms with E-state index in [2.05, 4.69) is 41.2 Å². The molecule has 0 saturated heterocycles. The van der Waals surface area contributed by atoms with Gasteiger partial charge in [0.2, 0.25) is 0 Å². The van der Waals surface area contributed by atoms with Gasteiger partial charge in [-0.1, -0.05) is 89.4 Å². The van der Waals surface area contributed by atoms with Crippen LogP contribution in [0.25, 0.3) is 10.6 Å². The molecule has 212 valence electrons. The molecule has 3 rings (SSSR count). The fourth-order valence-corrected chi connectivity index (χ4v) is 5.01. The average Bonchev–Trinajstić information content (AvgIpc) is 3.43. The molecule has 0 radical (unpaired) electrons. The number of benzene rings is 2. The van der Waals surface area contributed by atoms with Gasteiger partial charge < -0.3 is 9.47 Å². The molecule has 2 aromatic carbocycles. The average molecular weight is 551 g/mol. The predicted molar refractivity (Wildman–Crippen MR) is 163 cm³/mol. The highest BCUT2D eigenvalue weighted by atomic mass is 32.1. The molecular weight excluding hydrogens is 504 g/mol. The Morgan fingerprint density at radius 1 is 0.692 bits per heavy atom. The standard InChI is InChI=1S/C32H46N4O2S/c1-4-6-8-10-11-12-13-15-25-37-29-21-17-27(18-22-29)31-34-36-32(39-31)35-33-28-19-23-30(24-20-28)38-26(3)16-14-9-7-5-2/h17-24,26H,4-16,25H2,1-3H3/t26-/m0/s1. The van der Waals surface area contributed by atoms with Gasteiger partial charge in [-0.25, -0.2) is 0 Å². The Balaban J connectivity index is 1.38. The lowest BCUT2D eigenvalue weighted by Crippen LogP contribution is -2.11. The van der Waals surface area contributed by atoms with Crippen LogP contribution in [0.3, 0.4) is 0 Å². The molecule has 6 nitrogen and oxygen atoms in total. The summed E-state index contributed by atoms with van der Waals surface area (Å²) in [5.74, 6) is 1.75. The smallest absolute Gasteiger partial charge is 0.252 e. The van der Waals surface area contributed by atoms with Crippen molar-refractivity contribution in [2.24, 2.45) is 10.2 Å². The lowest BCUT2D eigenvalue weighted by Gasteiger charge is -2.14. The summed E-state index contributed by atoms with van der Waals surface area (Å²) in [5.41, 5.74) is 1.76. The minimum atomic E-state index is 0.213. The monoisotopic (exact) mass is 550 g/mol. The molecule has 0 amide bonds. The number of hydrogen-bond donors (Lipinski definition) is 0. The number of azo groups is 1. The third-order valence-corrected chi connectivity index (χ3v) is 7.53. The number of hydrogen-bond acceptors (Lipinski definition) is 7. The first-order valence-electron chi connectivity index (χ1n) is 14.9. The molecule has 0 aliphatic rings. The summed E-state index contributed by atoms with van der Waals surface area (Å²) in [6.07, 6.45) is 16.7. The predicted octanol–water partition coefficient (Wildman–Crippen LogP) is 10.9. The molecule has 1 aromatic heterocycles. The highest BCUT2D eigenvalue weighted by Gasteiger charge is 2.07. The van der Waals surface area contributed by atoms with Gasteiger partial charge in [-0.15, -0.1) is 20.4 Å². The first-order valence-corrected chi connectivity index (χ1v) is 15.7. The van der Waals surface area contributed by atoms with E-state index in [1.54, 1.807) is 0 Å². The quantitative estimate of drug-likeness (QED) is 0.104. The van der Waals surface area contributed by atoms with E-state index in [4.69, 9.17) is 9.47 Å². The lowest BCUT2D eigenvalue weighted by molar-refractivity contribution is 0.206. The van der Waals surface area contributed by atoms with Gasteiger partial charge >= 0.3 is 0 Å². The topological polar surface area (TPSA) is 69.0 Å². The van der Waals surface area contributed by atoms with Gasteiger partial charge in [-0.2, -0.15) is 0 Å². The Morgan fingerprint density at radius 3 is 2.00 bits per heavy atom. The molecule has 39 heavy (non-hydrogen) atoms. The molecule has 0 aliphatic carbocycles. The van der Waals surface area contributed by atoms with Crippen molar-refractivity contribution in [2.75, 3.05) is 6.61 Å². The van der Waals surface area contributed by atoms with Crippen molar-refractivity contribution >= 4 is 22.2 Å². The lowest BCUT2D eigenvalue weighted by atomic mass is 10.1. The van der Waals surface area contributed by atoms with E-state index in [0.29, 0.717) is 5.13 Å². The molecule has 7 heteroatoms. The van der Waals surface area contributed by atoms with Crippen LogP contribution >= 0.6 is 11.3 Å². The molecule has 0 bridgehead atoms. The normalized spacial score (nSPS) is 12.2. The Kier molecular flexibility index (Phi) is 14.6. The fourth-order valence-electron chi connectivity index (χ4n) is 4.33. The van der Waals surface area contributed by atoms with Gasteiger partial charge in [-0.3, -0.25) is 0 Å². The summed E-state index contributed by atoms with van der Waals surface area (Å²) in [6.45, 7) is 7.39. The van der Waals surface area contributed by atoms with Crippen LogP contribution in [0, 0.1) is 0 Å². The first kappa shape index (κ1) is 30.7. The van der Waals surface area contributed by atoms with Gasteiger partial charge in [0.1, 0.15) is 16.5 Å². The number of unbranched alkanes of at least 4 members (excludes halogenated alkanes) is 10. The number of aromatic nitrogens is 2. The Labute approximate surface area is 239 Å². The van der Waals surface area contributed by atoms with E-state index in [9.17, 15) is 0 Å². The van der Waals surface area contributed by atoms with E-state index in [1.165, 1.54) is 82.0 Å². The molecule has 0 spiro atoms. The van der Waals surface area contributed by atoms with Gasteiger partial charge in [0.15, 0.2) is 0 Å². The third kappa shape index (κ3) is 12.3. The zero-order valence-electron chi connectivity index (χ0n) is 24.1. The summed E-state index contributed by atoms with van der Waals surface area (Å²) < 4.78 is 11.9. The van der Waals surface area contributed by atoms with E-state index in [1.807, 2.05) is 48.5 Å². The van der Waals surface area contributed by atoms with Crippen molar-refractivity contribution in [1.82, 2.24) is 10.2 Å². The molecule has 0 unspecified atom stereocenters. The largest absolute Gasteiger partial charge is 0.494 e. The minimum absolute atomic E-state index is 0.213. The van der Waals surface area contributed by atoms with Crippen molar-refractivity contribution in [2.45, 2.75) is 110 Å². The van der Waals surface area contributed by atoms with E-state index in [-0.39, 0.29) is 6.10 Å². The molecule has 3 aromatic rings. The molecule has 0 saturated carbocycles. The highest BCUT2D eigenvalue weighted by Crippen LogP contribution is 2.30. The number of nitrogens with zero attached hydrogens (tertiary/aromatic N) is 4. The second-order valence-corrected chi connectivity index (χ2v) is 11.2. The van der Waals surface area contributed by atoms with Crippen LogP contribution in [-0.2, 0) is 0 Å². The second-order valence-electron chi connectivity index (χ2n) is 10.2. The van der Waals surface area contributed by atoms with E-state index < -0.39 is 0 Å². The van der Waals surface area contributed by atoms with Crippen LogP contribution < -0.4 is 9.47 Å². The SMILES string of the molecule is CCCCCCCCCCOc1ccc(-c2nnc(N=Nc3ccc(O[C@@H](C)CCCCCC)cc3)s2)cc1. The van der Waals surface area contributed by atoms with Crippen molar-refractivity contribution < 1.29 is 9.47 Å². The van der Waals surface area contributed by atoms with Crippen LogP contribution in [0.4, 0.5) is 10.8 Å². The minimum Gasteiger partial charge on any atom is -0.494 e. The van der Waals surface area contributed by atoms with Crippen LogP contribution in [0.5, 0.6) is 11.5 Å². The summed E-state index contributed by atoms with van der Waals surface area (Å²) in [4.78, 5) is 0. The van der Waals surface area contributed by atoms with E-state index >= 15 is 0 Å². The fraction of sp³-hybridized carbons (Fsp3) is 0.562. The number of rotatable bonds is 20. The molecule has 0 aliphatic heterocycles. The van der Waals surface area contributed by atoms with Crippen LogP contribution in [-0.4, -0.2) is 22.9 Å². The Hall–Kier alpha value is -2.80. The van der Waals surface area contributed by atoms with Gasteiger partial charge in [0.05, 0.1) is 18.4 Å². The summed E-state index contributed by atoms with van der Waals surface area (Å²) in [7, 11) is 0. The van der Waals surface area contributed by atoms with Gasteiger partial charge in [0, 0.05) is 5.56 Å². The molecule has 0 fully saturated rings. The molecule has 0 N–H and O–H groups in total. The van der Waals surface area contributed by atoms with Crippen molar-refractivity contribution in [3.8, 4) is 22.1 Å². The third-order valence-electron chi connectivity index (χ3n) is 6.67. The highest BCUT2D eigenvalue weighted by molar-refractivity contribution is 7.18. The maximum Gasteiger partial charge on any atom is 0.252 e. The van der Waals surface area contributed by atoms with Crippen molar-refractivity contribution in [1.29, 1.82) is 0 Å². The Bertz CT molecular complexity index is 1070. The van der Waals surface area contributed by atoms with Crippen LogP contribution in [0.15, 0.2) is 58.8 Å². The maximum atomic E-state index is 6.02. The molecular formula is C32H46N4O2S. The Morgan fingerprint density at radius 2 is 1.31 bits per heavy atom. The first-order chi connectivity index (χ1) is 19.2. The van der Waals surface area contributed by atoms with Crippen molar-refractivity contribution in [3.63, 3.8) is 0 Å². The van der Waals surface area contributed by atoms with Crippen molar-refractivity contribution in [3.05, 3.63) is 48.5 Å². The molecule has 1 atom stereocenters. The van der Waals surface area contributed by atoms with Crippen LogP contribution in [0.2, 0.25) is 0 Å². The molecule has 1 heterocycles. The maximum absolute atomic E-state index is 6.02. The van der Waals surface area contributed by atoms with Crippen LogP contribution in [0.1, 0.15) is 104 Å². The van der Waals surface area contributed by atoms with Gasteiger partial charge in [0.25, 0.3) is 5.13 Å². The summed E-state index contributed by atoms with van der Waals surface area (Å²) >= 11 is 1.42. The zero-order chi connectivity index (χ0) is 27.5. The second kappa shape index (κ2) is 18.5. The van der Waals surface area contributed by atoms with Gasteiger partial charge in [-0.05, 0) is 74.7 Å². The summed E-state index contributed by atoms with van der Waals surface area (Å²) in [5, 5.41) is 18.4. The summed E-state index contributed by atoms with van der Waals surface area (Å²) in [6, 6.07) is 15.8. The zero-order valence-corrected chi connectivity index (χ0v) is 24.9. The number of ether oxygens (including phenoxy) is 2.